The maximum Gasteiger partial charge on any atom is 0.373 e. The first-order chi connectivity index (χ1) is 15.8. The molecule has 33 heavy (non-hydrogen) atoms. The highest BCUT2D eigenvalue weighted by Gasteiger charge is 2.36. The van der Waals surface area contributed by atoms with E-state index < -0.39 is 23.1 Å². The van der Waals surface area contributed by atoms with Crippen LogP contribution >= 0.6 is 27.7 Å². The quantitative estimate of drug-likeness (QED) is 0.363. The zero-order valence-corrected chi connectivity index (χ0v) is 20.1. The number of imide groups is 1. The summed E-state index contributed by atoms with van der Waals surface area (Å²) in [5, 5.41) is -0.480. The molecule has 1 aromatic carbocycles. The van der Waals surface area contributed by atoms with E-state index in [1.165, 1.54) is 39.5 Å². The summed E-state index contributed by atoms with van der Waals surface area (Å²) in [4.78, 5) is 49.3. The number of ether oxygens (including phenoxy) is 4. The van der Waals surface area contributed by atoms with Crippen molar-refractivity contribution in [1.29, 1.82) is 0 Å². The van der Waals surface area contributed by atoms with Crippen LogP contribution < -0.4 is 9.47 Å². The Morgan fingerprint density at radius 1 is 1.15 bits per heavy atom. The van der Waals surface area contributed by atoms with Crippen LogP contribution in [0.25, 0.3) is 6.08 Å². The van der Waals surface area contributed by atoms with Crippen molar-refractivity contribution in [1.82, 2.24) is 4.90 Å². The number of carbonyl (C=O) groups is 4. The second-order valence-corrected chi connectivity index (χ2v) is 8.27. The van der Waals surface area contributed by atoms with E-state index in [9.17, 15) is 19.2 Å². The minimum absolute atomic E-state index is 0.0264. The molecule has 0 unspecified atom stereocenters. The number of thioether (sulfide) groups is 1. The van der Waals surface area contributed by atoms with Gasteiger partial charge in [0.05, 0.1) is 37.3 Å². The lowest BCUT2D eigenvalue weighted by Crippen LogP contribution is -2.27. The van der Waals surface area contributed by atoms with Gasteiger partial charge in [0, 0.05) is 0 Å². The van der Waals surface area contributed by atoms with Gasteiger partial charge in [-0.1, -0.05) is 0 Å². The van der Waals surface area contributed by atoms with Crippen LogP contribution in [-0.4, -0.2) is 55.9 Å². The van der Waals surface area contributed by atoms with Gasteiger partial charge in [0.15, 0.2) is 18.1 Å². The molecular weight excluding hydrogens is 522 g/mol. The Kier molecular flexibility index (Phi) is 7.82. The third-order valence-electron chi connectivity index (χ3n) is 4.35. The van der Waals surface area contributed by atoms with Crippen LogP contribution in [0.15, 0.2) is 38.1 Å². The predicted octanol–water partition coefficient (Wildman–Crippen LogP) is 3.63. The number of halogens is 1. The van der Waals surface area contributed by atoms with Crippen molar-refractivity contribution in [2.24, 2.45) is 0 Å². The van der Waals surface area contributed by atoms with Gasteiger partial charge in [-0.15, -0.1) is 0 Å². The summed E-state index contributed by atoms with van der Waals surface area (Å²) in [5.74, 6) is -0.901. The summed E-state index contributed by atoms with van der Waals surface area (Å²) in [6.45, 7) is -0.444. The summed E-state index contributed by atoms with van der Waals surface area (Å²) >= 11 is 4.13. The van der Waals surface area contributed by atoms with Crippen LogP contribution in [0.4, 0.5) is 4.79 Å². The first-order valence-electron chi connectivity index (χ1n) is 9.27. The zero-order valence-electron chi connectivity index (χ0n) is 17.7. The molecule has 0 bridgehead atoms. The standard InChI is InChI=1S/C21H18BrNO9S/c1-28-15-7-11(6-13(22)18(15)31-10-17(24)29-2)8-16-19(25)23(21(27)33-16)9-12-4-5-14(32-12)20(26)30-3/h4-8H,9-10H2,1-3H3/b16-8+. The molecule has 174 valence electrons. The van der Waals surface area contributed by atoms with Crippen molar-refractivity contribution in [2.75, 3.05) is 27.9 Å². The summed E-state index contributed by atoms with van der Waals surface area (Å²) in [7, 11) is 3.89. The fraction of sp³-hybridized carbons (Fsp3) is 0.238. The maximum absolute atomic E-state index is 12.8. The summed E-state index contributed by atoms with van der Waals surface area (Å²) in [6.07, 6.45) is 1.53. The Morgan fingerprint density at radius 2 is 1.91 bits per heavy atom. The molecule has 0 spiro atoms. The number of methoxy groups -OCH3 is 3. The summed E-state index contributed by atoms with van der Waals surface area (Å²) in [6, 6.07) is 6.15. The van der Waals surface area contributed by atoms with Gasteiger partial charge in [0.2, 0.25) is 5.76 Å². The Bertz CT molecular complexity index is 1140. The van der Waals surface area contributed by atoms with E-state index in [4.69, 9.17) is 13.9 Å². The van der Waals surface area contributed by atoms with Crippen molar-refractivity contribution in [3.8, 4) is 11.5 Å². The predicted molar refractivity (Wildman–Crippen MR) is 120 cm³/mol. The highest BCUT2D eigenvalue weighted by molar-refractivity contribution is 9.10. The third kappa shape index (κ3) is 5.57. The second-order valence-electron chi connectivity index (χ2n) is 6.42. The number of hydrogen-bond acceptors (Lipinski definition) is 10. The van der Waals surface area contributed by atoms with Crippen molar-refractivity contribution >= 4 is 56.9 Å². The number of carbonyl (C=O) groups excluding carboxylic acids is 4. The van der Waals surface area contributed by atoms with Gasteiger partial charge in [-0.2, -0.15) is 0 Å². The lowest BCUT2D eigenvalue weighted by molar-refractivity contribution is -0.143. The molecule has 0 aliphatic carbocycles. The molecule has 2 amide bonds. The van der Waals surface area contributed by atoms with Crippen molar-refractivity contribution in [3.63, 3.8) is 0 Å². The molecule has 1 aromatic heterocycles. The van der Waals surface area contributed by atoms with Gasteiger partial charge in [-0.3, -0.25) is 14.5 Å². The van der Waals surface area contributed by atoms with Crippen LogP contribution in [0, 0.1) is 0 Å². The normalized spacial score (nSPS) is 14.5. The van der Waals surface area contributed by atoms with Gasteiger partial charge < -0.3 is 23.4 Å². The largest absolute Gasteiger partial charge is 0.493 e. The van der Waals surface area contributed by atoms with Gasteiger partial charge in [-0.25, -0.2) is 9.59 Å². The minimum Gasteiger partial charge on any atom is -0.493 e. The lowest BCUT2D eigenvalue weighted by atomic mass is 10.2. The SMILES string of the molecule is COC(=O)COc1c(Br)cc(/C=C2/SC(=O)N(Cc3ccc(C(=O)OC)o3)C2=O)cc1OC. The Labute approximate surface area is 200 Å². The van der Waals surface area contributed by atoms with Crippen molar-refractivity contribution in [2.45, 2.75) is 6.54 Å². The Balaban J connectivity index is 1.79. The molecule has 0 N–H and O–H groups in total. The molecule has 1 aliphatic rings. The molecule has 2 heterocycles. The topological polar surface area (TPSA) is 122 Å². The Hall–Kier alpha value is -3.25. The monoisotopic (exact) mass is 539 g/mol. The first-order valence-corrected chi connectivity index (χ1v) is 10.9. The van der Waals surface area contributed by atoms with Gasteiger partial charge >= 0.3 is 11.9 Å². The third-order valence-corrected chi connectivity index (χ3v) is 5.84. The Morgan fingerprint density at radius 3 is 2.58 bits per heavy atom. The van der Waals surface area contributed by atoms with Gasteiger partial charge in [0.1, 0.15) is 5.76 Å². The average molecular weight is 540 g/mol. The van der Waals surface area contributed by atoms with Gasteiger partial charge in [-0.05, 0) is 63.6 Å². The number of amides is 2. The van der Waals surface area contributed by atoms with E-state index in [0.717, 1.165) is 16.7 Å². The van der Waals surface area contributed by atoms with Crippen LogP contribution in [0.3, 0.4) is 0 Å². The summed E-state index contributed by atoms with van der Waals surface area (Å²) in [5.41, 5.74) is 0.556. The molecule has 12 heteroatoms. The molecule has 3 rings (SSSR count). The number of nitrogens with zero attached hydrogens (tertiary/aromatic N) is 1. The second kappa shape index (κ2) is 10.6. The van der Waals surface area contributed by atoms with Gasteiger partial charge in [0.25, 0.3) is 11.1 Å². The van der Waals surface area contributed by atoms with E-state index in [1.807, 2.05) is 0 Å². The van der Waals surface area contributed by atoms with Crippen LogP contribution in [-0.2, 0) is 25.6 Å². The number of hydrogen-bond donors (Lipinski definition) is 0. The first kappa shape index (κ1) is 24.4. The smallest absolute Gasteiger partial charge is 0.373 e. The summed E-state index contributed by atoms with van der Waals surface area (Å²) < 4.78 is 25.7. The number of esters is 2. The highest BCUT2D eigenvalue weighted by Crippen LogP contribution is 2.39. The minimum atomic E-state index is -0.658. The maximum atomic E-state index is 12.8. The van der Waals surface area contributed by atoms with Crippen LogP contribution in [0.1, 0.15) is 21.9 Å². The molecule has 0 atom stereocenters. The van der Waals surface area contributed by atoms with Crippen molar-refractivity contribution in [3.05, 3.63) is 50.7 Å². The van der Waals surface area contributed by atoms with Crippen LogP contribution in [0.2, 0.25) is 0 Å². The van der Waals surface area contributed by atoms with E-state index in [0.29, 0.717) is 15.8 Å². The van der Waals surface area contributed by atoms with E-state index in [1.54, 1.807) is 12.1 Å². The average Bonchev–Trinajstić information content (AvgIpc) is 3.37. The molecule has 1 aliphatic heterocycles. The molecule has 10 nitrogen and oxygen atoms in total. The fourth-order valence-electron chi connectivity index (χ4n) is 2.77. The molecular formula is C21H18BrNO9S. The molecule has 0 saturated carbocycles. The van der Waals surface area contributed by atoms with E-state index >= 15 is 0 Å². The van der Waals surface area contributed by atoms with E-state index in [2.05, 4.69) is 25.4 Å². The fourth-order valence-corrected chi connectivity index (χ4v) is 4.18. The van der Waals surface area contributed by atoms with Crippen molar-refractivity contribution < 1.29 is 42.5 Å². The number of rotatable bonds is 8. The zero-order chi connectivity index (χ0) is 24.1. The number of benzene rings is 1. The molecule has 1 saturated heterocycles. The molecule has 0 radical (unpaired) electrons. The highest BCUT2D eigenvalue weighted by atomic mass is 79.9. The van der Waals surface area contributed by atoms with Crippen LogP contribution in [0.5, 0.6) is 11.5 Å². The number of furan rings is 1. The molecule has 2 aromatic rings. The van der Waals surface area contributed by atoms with E-state index in [-0.39, 0.29) is 35.3 Å². The lowest BCUT2D eigenvalue weighted by Gasteiger charge is -2.13. The molecule has 1 fully saturated rings.